The van der Waals surface area contributed by atoms with Crippen LogP contribution in [0, 0.1) is 12.8 Å². The van der Waals surface area contributed by atoms with Gasteiger partial charge in [0, 0.05) is 19.6 Å². The zero-order valence-electron chi connectivity index (χ0n) is 13.8. The van der Waals surface area contributed by atoms with Gasteiger partial charge >= 0.3 is 0 Å². The third-order valence-corrected chi connectivity index (χ3v) is 5.45. The van der Waals surface area contributed by atoms with E-state index in [1.807, 2.05) is 46.8 Å². The van der Waals surface area contributed by atoms with Crippen LogP contribution in [0.5, 0.6) is 0 Å². The Morgan fingerprint density at radius 1 is 1.24 bits per heavy atom. The first kappa shape index (κ1) is 18.1. The lowest BCUT2D eigenvalue weighted by Crippen LogP contribution is -2.34. The minimum atomic E-state index is -3.42. The van der Waals surface area contributed by atoms with Crippen molar-refractivity contribution in [2.45, 2.75) is 46.1 Å². The summed E-state index contributed by atoms with van der Waals surface area (Å²) in [7, 11) is -3.42. The highest BCUT2D eigenvalue weighted by molar-refractivity contribution is 7.89. The molecule has 4 nitrogen and oxygen atoms in total. The van der Waals surface area contributed by atoms with Crippen LogP contribution in [0.1, 0.15) is 38.8 Å². The Balaban J connectivity index is 3.16. The normalized spacial score (nSPS) is 12.3. The van der Waals surface area contributed by atoms with E-state index in [2.05, 4.69) is 5.32 Å². The number of benzene rings is 1. The predicted octanol–water partition coefficient (Wildman–Crippen LogP) is 2.77. The molecule has 0 heterocycles. The molecule has 120 valence electrons. The molecule has 0 unspecified atom stereocenters. The molecule has 0 radical (unpaired) electrons. The molecule has 0 bridgehead atoms. The van der Waals surface area contributed by atoms with E-state index in [0.717, 1.165) is 17.7 Å². The summed E-state index contributed by atoms with van der Waals surface area (Å²) in [6.45, 7) is 12.4. The summed E-state index contributed by atoms with van der Waals surface area (Å²) in [6.07, 6.45) is 0. The van der Waals surface area contributed by atoms with Crippen molar-refractivity contribution in [3.63, 3.8) is 0 Å². The van der Waals surface area contributed by atoms with Crippen molar-refractivity contribution in [2.75, 3.05) is 19.6 Å². The maximum absolute atomic E-state index is 12.9. The van der Waals surface area contributed by atoms with Gasteiger partial charge in [-0.2, -0.15) is 4.31 Å². The summed E-state index contributed by atoms with van der Waals surface area (Å²) in [6, 6.07) is 5.68. The molecule has 21 heavy (non-hydrogen) atoms. The van der Waals surface area contributed by atoms with Crippen LogP contribution >= 0.6 is 0 Å². The fourth-order valence-corrected chi connectivity index (χ4v) is 4.13. The van der Waals surface area contributed by atoms with E-state index < -0.39 is 10.0 Å². The second-order valence-electron chi connectivity index (χ2n) is 5.73. The largest absolute Gasteiger partial charge is 0.313 e. The summed E-state index contributed by atoms with van der Waals surface area (Å²) < 4.78 is 27.3. The maximum atomic E-state index is 12.9. The fraction of sp³-hybridized carbons (Fsp3) is 0.625. The van der Waals surface area contributed by atoms with E-state index in [1.54, 1.807) is 10.4 Å². The first-order chi connectivity index (χ1) is 9.82. The topological polar surface area (TPSA) is 49.4 Å². The van der Waals surface area contributed by atoms with Gasteiger partial charge in [-0.25, -0.2) is 8.42 Å². The minimum Gasteiger partial charge on any atom is -0.313 e. The Hall–Kier alpha value is -0.910. The van der Waals surface area contributed by atoms with E-state index in [1.165, 1.54) is 0 Å². The lowest BCUT2D eigenvalue weighted by molar-refractivity contribution is 0.380. The lowest BCUT2D eigenvalue weighted by Gasteiger charge is -2.23. The van der Waals surface area contributed by atoms with E-state index in [9.17, 15) is 8.42 Å². The smallest absolute Gasteiger partial charge is 0.243 e. The molecule has 0 saturated carbocycles. The van der Waals surface area contributed by atoms with E-state index in [0.29, 0.717) is 30.4 Å². The van der Waals surface area contributed by atoms with Gasteiger partial charge in [-0.05, 0) is 36.6 Å². The average molecular weight is 312 g/mol. The number of nitrogens with zero attached hydrogens (tertiary/aromatic N) is 1. The molecule has 0 spiro atoms. The van der Waals surface area contributed by atoms with Crippen molar-refractivity contribution in [1.29, 1.82) is 0 Å². The van der Waals surface area contributed by atoms with Crippen molar-refractivity contribution in [3.05, 3.63) is 29.3 Å². The van der Waals surface area contributed by atoms with Gasteiger partial charge in [0.1, 0.15) is 0 Å². The molecule has 0 aliphatic carbocycles. The number of sulfonamides is 1. The van der Waals surface area contributed by atoms with Gasteiger partial charge in [-0.3, -0.25) is 0 Å². The van der Waals surface area contributed by atoms with Gasteiger partial charge in [0.15, 0.2) is 0 Å². The van der Waals surface area contributed by atoms with Gasteiger partial charge < -0.3 is 5.32 Å². The van der Waals surface area contributed by atoms with Gasteiger partial charge in [0.2, 0.25) is 10.0 Å². The molecule has 0 aliphatic rings. The molecule has 0 atom stereocenters. The lowest BCUT2D eigenvalue weighted by atomic mass is 10.1. The molecule has 0 saturated heterocycles. The Morgan fingerprint density at radius 2 is 1.90 bits per heavy atom. The maximum Gasteiger partial charge on any atom is 0.243 e. The SMILES string of the molecule is CCNCc1ccc(C)c(S(=O)(=O)N(CC)CC(C)C)c1. The molecule has 5 heteroatoms. The van der Waals surface area contributed by atoms with Crippen LogP contribution in [0.4, 0.5) is 0 Å². The molecule has 0 aromatic heterocycles. The molecule has 1 rings (SSSR count). The molecular weight excluding hydrogens is 284 g/mol. The molecule has 1 aromatic rings. The molecule has 1 N–H and O–H groups in total. The molecule has 1 aromatic carbocycles. The quantitative estimate of drug-likeness (QED) is 0.803. The molecule has 0 fully saturated rings. The number of nitrogens with one attached hydrogen (secondary N) is 1. The van der Waals surface area contributed by atoms with Crippen molar-refractivity contribution in [1.82, 2.24) is 9.62 Å². The van der Waals surface area contributed by atoms with E-state index in [-0.39, 0.29) is 0 Å². The van der Waals surface area contributed by atoms with Crippen LogP contribution in [-0.4, -0.2) is 32.4 Å². The standard InChI is InChI=1S/C16H28N2O2S/c1-6-17-11-15-9-8-14(5)16(10-15)21(19,20)18(7-2)12-13(3)4/h8-10,13,17H,6-7,11-12H2,1-5H3. The third-order valence-electron chi connectivity index (χ3n) is 3.37. The highest BCUT2D eigenvalue weighted by Gasteiger charge is 2.25. The summed E-state index contributed by atoms with van der Waals surface area (Å²) in [5, 5.41) is 3.23. The average Bonchev–Trinajstić information content (AvgIpc) is 2.43. The van der Waals surface area contributed by atoms with Gasteiger partial charge in [0.25, 0.3) is 0 Å². The third kappa shape index (κ3) is 4.80. The van der Waals surface area contributed by atoms with E-state index >= 15 is 0 Å². The molecule has 0 amide bonds. The Labute approximate surface area is 129 Å². The van der Waals surface area contributed by atoms with Crippen LogP contribution < -0.4 is 5.32 Å². The highest BCUT2D eigenvalue weighted by atomic mass is 32.2. The van der Waals surface area contributed by atoms with Crippen molar-refractivity contribution in [3.8, 4) is 0 Å². The second-order valence-corrected chi connectivity index (χ2v) is 7.64. The summed E-state index contributed by atoms with van der Waals surface area (Å²) >= 11 is 0. The van der Waals surface area contributed by atoms with Crippen LogP contribution in [0.2, 0.25) is 0 Å². The first-order valence-electron chi connectivity index (χ1n) is 7.63. The Bertz CT molecular complexity index is 553. The van der Waals surface area contributed by atoms with Crippen LogP contribution in [0.25, 0.3) is 0 Å². The molecular formula is C16H28N2O2S. The van der Waals surface area contributed by atoms with Crippen LogP contribution in [-0.2, 0) is 16.6 Å². The Kier molecular flexibility index (Phi) is 6.84. The summed E-state index contributed by atoms with van der Waals surface area (Å²) in [4.78, 5) is 0.431. The number of rotatable bonds is 8. The highest BCUT2D eigenvalue weighted by Crippen LogP contribution is 2.22. The zero-order valence-corrected chi connectivity index (χ0v) is 14.6. The van der Waals surface area contributed by atoms with Gasteiger partial charge in [-0.15, -0.1) is 0 Å². The number of hydrogen-bond acceptors (Lipinski definition) is 3. The number of aryl methyl sites for hydroxylation is 1. The van der Waals surface area contributed by atoms with Gasteiger partial charge in [0.05, 0.1) is 4.90 Å². The van der Waals surface area contributed by atoms with Crippen molar-refractivity contribution >= 4 is 10.0 Å². The Morgan fingerprint density at radius 3 is 2.43 bits per heavy atom. The fourth-order valence-electron chi connectivity index (χ4n) is 2.25. The van der Waals surface area contributed by atoms with Crippen LogP contribution in [0.15, 0.2) is 23.1 Å². The summed E-state index contributed by atoms with van der Waals surface area (Å²) in [5.74, 6) is 0.310. The van der Waals surface area contributed by atoms with Crippen molar-refractivity contribution < 1.29 is 8.42 Å². The van der Waals surface area contributed by atoms with Gasteiger partial charge in [-0.1, -0.05) is 39.8 Å². The summed E-state index contributed by atoms with van der Waals surface area (Å²) in [5.41, 5.74) is 1.80. The minimum absolute atomic E-state index is 0.310. The zero-order chi connectivity index (χ0) is 16.0. The number of hydrogen-bond donors (Lipinski definition) is 1. The first-order valence-corrected chi connectivity index (χ1v) is 9.07. The predicted molar refractivity (Wildman–Crippen MR) is 87.8 cm³/mol. The second kappa shape index (κ2) is 7.92. The van der Waals surface area contributed by atoms with Crippen molar-refractivity contribution in [2.24, 2.45) is 5.92 Å². The monoisotopic (exact) mass is 312 g/mol. The van der Waals surface area contributed by atoms with E-state index in [4.69, 9.17) is 0 Å². The van der Waals surface area contributed by atoms with Crippen LogP contribution in [0.3, 0.4) is 0 Å². The molecule has 0 aliphatic heterocycles.